The minimum atomic E-state index is 0.149. The number of aromatic nitrogens is 1. The van der Waals surface area contributed by atoms with Gasteiger partial charge in [-0.25, -0.2) is 0 Å². The average Bonchev–Trinajstić information content (AvgIpc) is 2.56. The van der Waals surface area contributed by atoms with Crippen molar-refractivity contribution in [2.45, 2.75) is 26.7 Å². The summed E-state index contributed by atoms with van der Waals surface area (Å²) in [4.78, 5) is 14.9. The first-order valence-electron chi connectivity index (χ1n) is 5.34. The monoisotopic (exact) mass is 201 g/mol. The van der Waals surface area contributed by atoms with Crippen molar-refractivity contribution in [3.8, 4) is 0 Å². The summed E-state index contributed by atoms with van der Waals surface area (Å²) in [6, 6.07) is 7.97. The topological polar surface area (TPSA) is 32.9 Å². The highest BCUT2D eigenvalue weighted by atomic mass is 16.1. The van der Waals surface area contributed by atoms with Gasteiger partial charge in [-0.2, -0.15) is 0 Å². The van der Waals surface area contributed by atoms with E-state index in [4.69, 9.17) is 0 Å². The molecule has 2 rings (SSSR count). The third-order valence-electron chi connectivity index (χ3n) is 2.64. The number of carbonyl (C=O) groups is 1. The maximum atomic E-state index is 11.6. The number of rotatable bonds is 3. The molecule has 0 aliphatic carbocycles. The standard InChI is InChI=1S/C13H15NO/c1-3-6-12-13(9(2)15)10-7-4-5-8-11(10)14-12/h4-5,7-8,14H,3,6H2,1-2H3. The highest BCUT2D eigenvalue weighted by Crippen LogP contribution is 2.23. The van der Waals surface area contributed by atoms with Crippen molar-refractivity contribution in [2.75, 3.05) is 0 Å². The van der Waals surface area contributed by atoms with Gasteiger partial charge in [-0.3, -0.25) is 4.79 Å². The Morgan fingerprint density at radius 1 is 1.33 bits per heavy atom. The molecule has 0 aliphatic rings. The fourth-order valence-electron chi connectivity index (χ4n) is 2.04. The van der Waals surface area contributed by atoms with Gasteiger partial charge in [0, 0.05) is 22.2 Å². The lowest BCUT2D eigenvalue weighted by atomic mass is 10.1. The highest BCUT2D eigenvalue weighted by molar-refractivity contribution is 6.08. The van der Waals surface area contributed by atoms with E-state index in [9.17, 15) is 4.79 Å². The molecule has 0 spiro atoms. The molecule has 0 atom stereocenters. The van der Waals surface area contributed by atoms with Crippen LogP contribution in [-0.4, -0.2) is 10.8 Å². The normalized spacial score (nSPS) is 10.8. The van der Waals surface area contributed by atoms with Crippen molar-refractivity contribution in [1.82, 2.24) is 4.98 Å². The fraction of sp³-hybridized carbons (Fsp3) is 0.308. The maximum absolute atomic E-state index is 11.6. The van der Waals surface area contributed by atoms with Crippen molar-refractivity contribution < 1.29 is 4.79 Å². The Bertz CT molecular complexity index is 496. The van der Waals surface area contributed by atoms with Crippen molar-refractivity contribution >= 4 is 16.7 Å². The summed E-state index contributed by atoms with van der Waals surface area (Å²) >= 11 is 0. The molecule has 78 valence electrons. The summed E-state index contributed by atoms with van der Waals surface area (Å²) < 4.78 is 0. The first-order chi connectivity index (χ1) is 7.24. The highest BCUT2D eigenvalue weighted by Gasteiger charge is 2.13. The predicted molar refractivity (Wildman–Crippen MR) is 62.3 cm³/mol. The van der Waals surface area contributed by atoms with E-state index in [0.717, 1.165) is 35.0 Å². The molecule has 0 unspecified atom stereocenters. The van der Waals surface area contributed by atoms with E-state index in [-0.39, 0.29) is 5.78 Å². The molecule has 0 fully saturated rings. The van der Waals surface area contributed by atoms with Crippen LogP contribution in [0.2, 0.25) is 0 Å². The van der Waals surface area contributed by atoms with Crippen LogP contribution in [0.15, 0.2) is 24.3 Å². The van der Waals surface area contributed by atoms with Crippen LogP contribution in [0.4, 0.5) is 0 Å². The Morgan fingerprint density at radius 2 is 2.07 bits per heavy atom. The third-order valence-corrected chi connectivity index (χ3v) is 2.64. The van der Waals surface area contributed by atoms with Gasteiger partial charge < -0.3 is 4.98 Å². The lowest BCUT2D eigenvalue weighted by Gasteiger charge is -1.98. The second-order valence-electron chi connectivity index (χ2n) is 3.83. The van der Waals surface area contributed by atoms with Crippen LogP contribution in [0, 0.1) is 0 Å². The molecule has 1 aromatic heterocycles. The lowest BCUT2D eigenvalue weighted by molar-refractivity contribution is 0.101. The first kappa shape index (κ1) is 9.97. The van der Waals surface area contributed by atoms with Crippen molar-refractivity contribution in [2.24, 2.45) is 0 Å². The average molecular weight is 201 g/mol. The second-order valence-corrected chi connectivity index (χ2v) is 3.83. The van der Waals surface area contributed by atoms with Gasteiger partial charge in [0.2, 0.25) is 0 Å². The van der Waals surface area contributed by atoms with Gasteiger partial charge in [0.05, 0.1) is 0 Å². The van der Waals surface area contributed by atoms with Crippen LogP contribution in [0.5, 0.6) is 0 Å². The van der Waals surface area contributed by atoms with Crippen LogP contribution >= 0.6 is 0 Å². The number of hydrogen-bond donors (Lipinski definition) is 1. The molecule has 2 heteroatoms. The van der Waals surface area contributed by atoms with Crippen molar-refractivity contribution in [3.63, 3.8) is 0 Å². The molecular formula is C13H15NO. The Morgan fingerprint density at radius 3 is 2.73 bits per heavy atom. The van der Waals surface area contributed by atoms with E-state index < -0.39 is 0 Å². The van der Waals surface area contributed by atoms with E-state index in [0.29, 0.717) is 0 Å². The number of Topliss-reactive ketones (excluding diaryl/α,β-unsaturated/α-hetero) is 1. The number of aryl methyl sites for hydroxylation is 1. The summed E-state index contributed by atoms with van der Waals surface area (Å²) in [7, 11) is 0. The minimum Gasteiger partial charge on any atom is -0.358 e. The van der Waals surface area contributed by atoms with Crippen LogP contribution in [0.25, 0.3) is 10.9 Å². The Hall–Kier alpha value is -1.57. The number of hydrogen-bond acceptors (Lipinski definition) is 1. The molecule has 2 aromatic rings. The first-order valence-corrected chi connectivity index (χ1v) is 5.34. The Balaban J connectivity index is 2.69. The van der Waals surface area contributed by atoms with E-state index in [1.807, 2.05) is 24.3 Å². The number of carbonyl (C=O) groups excluding carboxylic acids is 1. The predicted octanol–water partition coefficient (Wildman–Crippen LogP) is 3.32. The maximum Gasteiger partial charge on any atom is 0.162 e. The number of fused-ring (bicyclic) bond motifs is 1. The van der Waals surface area contributed by atoms with Gasteiger partial charge in [-0.1, -0.05) is 31.5 Å². The SMILES string of the molecule is CCCc1[nH]c2ccccc2c1C(C)=O. The number of ketones is 1. The molecule has 1 N–H and O–H groups in total. The van der Waals surface area contributed by atoms with E-state index >= 15 is 0 Å². The van der Waals surface area contributed by atoms with E-state index in [2.05, 4.69) is 11.9 Å². The van der Waals surface area contributed by atoms with Gasteiger partial charge in [0.15, 0.2) is 5.78 Å². The zero-order valence-electron chi connectivity index (χ0n) is 9.13. The quantitative estimate of drug-likeness (QED) is 0.759. The van der Waals surface area contributed by atoms with Crippen molar-refractivity contribution in [1.29, 1.82) is 0 Å². The van der Waals surface area contributed by atoms with Gasteiger partial charge in [0.1, 0.15) is 0 Å². The molecule has 0 saturated heterocycles. The zero-order chi connectivity index (χ0) is 10.8. The van der Waals surface area contributed by atoms with Crippen LogP contribution < -0.4 is 0 Å². The van der Waals surface area contributed by atoms with Gasteiger partial charge >= 0.3 is 0 Å². The third kappa shape index (κ3) is 1.67. The molecule has 1 heterocycles. The van der Waals surface area contributed by atoms with Crippen LogP contribution in [0.1, 0.15) is 36.3 Å². The molecule has 2 nitrogen and oxygen atoms in total. The summed E-state index contributed by atoms with van der Waals surface area (Å²) in [5.74, 6) is 0.149. The number of aromatic amines is 1. The summed E-state index contributed by atoms with van der Waals surface area (Å²) in [5, 5.41) is 1.05. The van der Waals surface area contributed by atoms with Crippen LogP contribution in [-0.2, 0) is 6.42 Å². The summed E-state index contributed by atoms with van der Waals surface area (Å²) in [6.07, 6.45) is 1.98. The molecule has 0 amide bonds. The minimum absolute atomic E-state index is 0.149. The molecular weight excluding hydrogens is 186 g/mol. The number of H-pyrrole nitrogens is 1. The summed E-state index contributed by atoms with van der Waals surface area (Å²) in [5.41, 5.74) is 3.00. The van der Waals surface area contributed by atoms with Crippen LogP contribution in [0.3, 0.4) is 0 Å². The number of nitrogens with one attached hydrogen (secondary N) is 1. The zero-order valence-corrected chi connectivity index (χ0v) is 9.13. The molecule has 1 aromatic carbocycles. The smallest absolute Gasteiger partial charge is 0.162 e. The Labute approximate surface area is 89.3 Å². The van der Waals surface area contributed by atoms with E-state index in [1.54, 1.807) is 6.92 Å². The van der Waals surface area contributed by atoms with Gasteiger partial charge in [-0.05, 0) is 19.4 Å². The van der Waals surface area contributed by atoms with Gasteiger partial charge in [-0.15, -0.1) is 0 Å². The Kier molecular flexibility index (Phi) is 2.58. The largest absolute Gasteiger partial charge is 0.358 e. The van der Waals surface area contributed by atoms with Crippen molar-refractivity contribution in [3.05, 3.63) is 35.5 Å². The fourth-order valence-corrected chi connectivity index (χ4v) is 2.04. The molecule has 0 bridgehead atoms. The number of para-hydroxylation sites is 1. The summed E-state index contributed by atoms with van der Waals surface area (Å²) in [6.45, 7) is 3.75. The molecule has 0 saturated carbocycles. The molecule has 0 radical (unpaired) electrons. The molecule has 15 heavy (non-hydrogen) atoms. The second kappa shape index (κ2) is 3.89. The lowest BCUT2D eigenvalue weighted by Crippen LogP contribution is -1.96. The van der Waals surface area contributed by atoms with E-state index in [1.165, 1.54) is 0 Å². The number of benzene rings is 1. The van der Waals surface area contributed by atoms with Gasteiger partial charge in [0.25, 0.3) is 0 Å². The molecule has 0 aliphatic heterocycles.